The third kappa shape index (κ3) is 5.31. The maximum absolute atomic E-state index is 12.3. The number of nitrogens with one attached hydrogen (secondary N) is 3. The van der Waals surface area contributed by atoms with E-state index in [2.05, 4.69) is 29.8 Å². The zero-order chi connectivity index (χ0) is 19.3. The predicted octanol–water partition coefficient (Wildman–Crippen LogP) is 3.16. The average Bonchev–Trinajstić information content (AvgIpc) is 2.60. The van der Waals surface area contributed by atoms with Gasteiger partial charge in [-0.1, -0.05) is 44.9 Å². The van der Waals surface area contributed by atoms with Crippen LogP contribution in [0.25, 0.3) is 0 Å². The van der Waals surface area contributed by atoms with Gasteiger partial charge in [-0.2, -0.15) is 0 Å². The van der Waals surface area contributed by atoms with E-state index < -0.39 is 0 Å². The summed E-state index contributed by atoms with van der Waals surface area (Å²) >= 11 is 0. The number of hydrogen-bond donors (Lipinski definition) is 3. The van der Waals surface area contributed by atoms with Crippen molar-refractivity contribution in [1.82, 2.24) is 10.6 Å². The lowest BCUT2D eigenvalue weighted by molar-refractivity contribution is -0.125. The number of carbonyl (C=O) groups is 2. The van der Waals surface area contributed by atoms with Gasteiger partial charge in [0.1, 0.15) is 0 Å². The van der Waals surface area contributed by atoms with Crippen LogP contribution in [-0.2, 0) is 9.59 Å². The van der Waals surface area contributed by atoms with Crippen molar-refractivity contribution in [2.24, 2.45) is 11.8 Å². The zero-order valence-corrected chi connectivity index (χ0v) is 16.7. The Hall–Kier alpha value is -1.88. The Balaban J connectivity index is 1.81. The minimum atomic E-state index is -0.305. The summed E-state index contributed by atoms with van der Waals surface area (Å²) in [6.07, 6.45) is 3.57. The SMILES string of the molecule is Cc1cccc(C)c1NC(=O)CNC(=O)[C@@H](C)N[C@@H]1CCC[C@H](C)[C@@H]1C. The standard InChI is InChI=1S/C21H33N3O2/c1-13-8-7-11-18(16(13)4)23-17(5)21(26)22-12-19(25)24-20-14(2)9-6-10-15(20)3/h6,9-10,13,16-18,23H,7-8,11-12H2,1-5H3,(H,22,26)(H,24,25)/t13-,16-,17+,18+/m0/s1. The van der Waals surface area contributed by atoms with E-state index in [1.807, 2.05) is 39.0 Å². The minimum absolute atomic E-state index is 0.0186. The maximum atomic E-state index is 12.3. The molecule has 0 aliphatic heterocycles. The van der Waals surface area contributed by atoms with Crippen LogP contribution in [0.2, 0.25) is 0 Å². The van der Waals surface area contributed by atoms with Gasteiger partial charge in [-0.15, -0.1) is 0 Å². The molecule has 1 aromatic carbocycles. The molecule has 1 aromatic rings. The van der Waals surface area contributed by atoms with E-state index in [1.165, 1.54) is 12.8 Å². The van der Waals surface area contributed by atoms with E-state index >= 15 is 0 Å². The Morgan fingerprint density at radius 3 is 2.46 bits per heavy atom. The van der Waals surface area contributed by atoms with Crippen molar-refractivity contribution < 1.29 is 9.59 Å². The van der Waals surface area contributed by atoms with Gasteiger partial charge in [0.2, 0.25) is 11.8 Å². The van der Waals surface area contributed by atoms with Crippen molar-refractivity contribution in [3.05, 3.63) is 29.3 Å². The normalized spacial score (nSPS) is 24.0. The zero-order valence-electron chi connectivity index (χ0n) is 16.7. The average molecular weight is 360 g/mol. The van der Waals surface area contributed by atoms with Crippen LogP contribution in [0.1, 0.15) is 51.2 Å². The summed E-state index contributed by atoms with van der Waals surface area (Å²) in [6, 6.07) is 5.94. The Labute approximate surface area is 157 Å². The summed E-state index contributed by atoms with van der Waals surface area (Å²) < 4.78 is 0. The summed E-state index contributed by atoms with van der Waals surface area (Å²) in [5.74, 6) is 0.903. The number of para-hydroxylation sites is 1. The van der Waals surface area contributed by atoms with Crippen LogP contribution in [-0.4, -0.2) is 30.4 Å². The first-order valence-corrected chi connectivity index (χ1v) is 9.69. The van der Waals surface area contributed by atoms with Crippen LogP contribution < -0.4 is 16.0 Å². The molecular weight excluding hydrogens is 326 g/mol. The molecule has 1 aliphatic rings. The Morgan fingerprint density at radius 2 is 1.81 bits per heavy atom. The predicted molar refractivity (Wildman–Crippen MR) is 106 cm³/mol. The van der Waals surface area contributed by atoms with Crippen LogP contribution in [0.4, 0.5) is 5.69 Å². The molecule has 0 aromatic heterocycles. The minimum Gasteiger partial charge on any atom is -0.346 e. The van der Waals surface area contributed by atoms with Gasteiger partial charge in [0, 0.05) is 11.7 Å². The number of rotatable bonds is 6. The third-order valence-corrected chi connectivity index (χ3v) is 5.73. The fourth-order valence-corrected chi connectivity index (χ4v) is 3.73. The molecule has 1 saturated carbocycles. The summed E-state index contributed by atoms with van der Waals surface area (Å²) in [7, 11) is 0. The monoisotopic (exact) mass is 359 g/mol. The van der Waals surface area contributed by atoms with E-state index in [0.29, 0.717) is 17.9 Å². The molecule has 26 heavy (non-hydrogen) atoms. The number of aryl methyl sites for hydroxylation is 2. The number of hydrogen-bond acceptors (Lipinski definition) is 3. The van der Waals surface area contributed by atoms with E-state index in [0.717, 1.165) is 23.2 Å². The van der Waals surface area contributed by atoms with Crippen molar-refractivity contribution in [3.63, 3.8) is 0 Å². The molecule has 0 unspecified atom stereocenters. The summed E-state index contributed by atoms with van der Waals surface area (Å²) in [4.78, 5) is 24.5. The first-order chi connectivity index (χ1) is 12.3. The molecule has 0 bridgehead atoms. The van der Waals surface area contributed by atoms with Gasteiger partial charge in [0.25, 0.3) is 0 Å². The van der Waals surface area contributed by atoms with E-state index in [4.69, 9.17) is 0 Å². The smallest absolute Gasteiger partial charge is 0.243 e. The van der Waals surface area contributed by atoms with Crippen molar-refractivity contribution in [3.8, 4) is 0 Å². The first-order valence-electron chi connectivity index (χ1n) is 9.69. The molecule has 3 N–H and O–H groups in total. The van der Waals surface area contributed by atoms with Gasteiger partial charge in [-0.25, -0.2) is 0 Å². The molecule has 5 heteroatoms. The second-order valence-electron chi connectivity index (χ2n) is 7.79. The molecule has 0 radical (unpaired) electrons. The van der Waals surface area contributed by atoms with E-state index in [1.54, 1.807) is 0 Å². The van der Waals surface area contributed by atoms with Crippen LogP contribution >= 0.6 is 0 Å². The lowest BCUT2D eigenvalue weighted by Crippen LogP contribution is -2.51. The largest absolute Gasteiger partial charge is 0.346 e. The molecule has 1 fully saturated rings. The Bertz CT molecular complexity index is 624. The van der Waals surface area contributed by atoms with Gasteiger partial charge in [0.15, 0.2) is 0 Å². The fourth-order valence-electron chi connectivity index (χ4n) is 3.73. The Kier molecular flexibility index (Phi) is 7.21. The van der Waals surface area contributed by atoms with Crippen LogP contribution in [0.3, 0.4) is 0 Å². The summed E-state index contributed by atoms with van der Waals surface area (Å²) in [6.45, 7) is 10.3. The lowest BCUT2D eigenvalue weighted by atomic mass is 9.78. The topological polar surface area (TPSA) is 70.2 Å². The van der Waals surface area contributed by atoms with Crippen molar-refractivity contribution in [1.29, 1.82) is 0 Å². The van der Waals surface area contributed by atoms with Gasteiger partial charge in [-0.05, 0) is 50.2 Å². The van der Waals surface area contributed by atoms with Crippen LogP contribution in [0.5, 0.6) is 0 Å². The molecule has 0 saturated heterocycles. The number of carbonyl (C=O) groups excluding carboxylic acids is 2. The van der Waals surface area contributed by atoms with Gasteiger partial charge in [0.05, 0.1) is 12.6 Å². The highest BCUT2D eigenvalue weighted by atomic mass is 16.2. The van der Waals surface area contributed by atoms with Crippen molar-refractivity contribution in [2.45, 2.75) is 66.0 Å². The molecular formula is C21H33N3O2. The first kappa shape index (κ1) is 20.4. The number of benzene rings is 1. The molecule has 1 aliphatic carbocycles. The number of anilines is 1. The molecule has 2 rings (SSSR count). The van der Waals surface area contributed by atoms with Gasteiger partial charge >= 0.3 is 0 Å². The molecule has 0 heterocycles. The second-order valence-corrected chi connectivity index (χ2v) is 7.79. The molecule has 144 valence electrons. The quantitative estimate of drug-likeness (QED) is 0.731. The summed E-state index contributed by atoms with van der Waals surface area (Å²) in [5.41, 5.74) is 2.85. The fraction of sp³-hybridized carbons (Fsp3) is 0.619. The van der Waals surface area contributed by atoms with Gasteiger partial charge < -0.3 is 16.0 Å². The Morgan fingerprint density at radius 1 is 1.15 bits per heavy atom. The lowest BCUT2D eigenvalue weighted by Gasteiger charge is -2.36. The highest BCUT2D eigenvalue weighted by Gasteiger charge is 2.29. The molecule has 5 nitrogen and oxygen atoms in total. The van der Waals surface area contributed by atoms with Crippen LogP contribution in [0.15, 0.2) is 18.2 Å². The molecule has 4 atom stereocenters. The summed E-state index contributed by atoms with van der Waals surface area (Å²) in [5, 5.41) is 9.08. The van der Waals surface area contributed by atoms with Gasteiger partial charge in [-0.3, -0.25) is 9.59 Å². The third-order valence-electron chi connectivity index (χ3n) is 5.73. The van der Waals surface area contributed by atoms with E-state index in [-0.39, 0.29) is 24.4 Å². The van der Waals surface area contributed by atoms with Crippen molar-refractivity contribution in [2.75, 3.05) is 11.9 Å². The molecule has 2 amide bonds. The maximum Gasteiger partial charge on any atom is 0.243 e. The van der Waals surface area contributed by atoms with E-state index in [9.17, 15) is 9.59 Å². The highest BCUT2D eigenvalue weighted by molar-refractivity contribution is 5.96. The highest BCUT2D eigenvalue weighted by Crippen LogP contribution is 2.29. The van der Waals surface area contributed by atoms with Crippen LogP contribution in [0, 0.1) is 25.7 Å². The second kappa shape index (κ2) is 9.17. The number of amides is 2. The van der Waals surface area contributed by atoms with Crippen molar-refractivity contribution >= 4 is 17.5 Å². The molecule has 0 spiro atoms.